The molecule has 1 aromatic heterocycles. The maximum absolute atomic E-state index is 11.8. The molecule has 0 bridgehead atoms. The molecule has 0 saturated heterocycles. The Hall–Kier alpha value is -1.56. The van der Waals surface area contributed by atoms with Gasteiger partial charge in [0.25, 0.3) is 0 Å². The molecule has 0 unspecified atom stereocenters. The van der Waals surface area contributed by atoms with Gasteiger partial charge in [0.15, 0.2) is 0 Å². The van der Waals surface area contributed by atoms with Crippen molar-refractivity contribution in [2.75, 3.05) is 18.8 Å². The summed E-state index contributed by atoms with van der Waals surface area (Å²) in [6, 6.07) is 2.90. The van der Waals surface area contributed by atoms with Crippen LogP contribution in [0, 0.1) is 0 Å². The highest BCUT2D eigenvalue weighted by Crippen LogP contribution is 2.16. The van der Waals surface area contributed by atoms with Gasteiger partial charge in [0.2, 0.25) is 5.91 Å². The van der Waals surface area contributed by atoms with Gasteiger partial charge in [-0.2, -0.15) is 0 Å². The quantitative estimate of drug-likeness (QED) is 0.796. The van der Waals surface area contributed by atoms with E-state index in [9.17, 15) is 9.59 Å². The molecule has 98 valence electrons. The molecule has 0 aliphatic heterocycles. The highest BCUT2D eigenvalue weighted by Gasteiger charge is 2.11. The second kappa shape index (κ2) is 7.00. The normalized spacial score (nSPS) is 10.1. The van der Waals surface area contributed by atoms with Gasteiger partial charge in [-0.25, -0.2) is 9.78 Å². The van der Waals surface area contributed by atoms with Crippen molar-refractivity contribution >= 4 is 23.6 Å². The van der Waals surface area contributed by atoms with Crippen LogP contribution in [0.15, 0.2) is 23.4 Å². The highest BCUT2D eigenvalue weighted by atomic mass is 32.2. The third kappa shape index (κ3) is 4.03. The van der Waals surface area contributed by atoms with Crippen LogP contribution in [-0.2, 0) is 4.79 Å². The van der Waals surface area contributed by atoms with Crippen molar-refractivity contribution < 1.29 is 14.7 Å². The number of thioether (sulfide) groups is 1. The van der Waals surface area contributed by atoms with E-state index >= 15 is 0 Å². The van der Waals surface area contributed by atoms with Crippen molar-refractivity contribution in [3.8, 4) is 0 Å². The minimum Gasteiger partial charge on any atom is -0.478 e. The number of aromatic nitrogens is 1. The van der Waals surface area contributed by atoms with Crippen LogP contribution < -0.4 is 0 Å². The summed E-state index contributed by atoms with van der Waals surface area (Å²) in [5.74, 6) is -0.681. The smallest absolute Gasteiger partial charge is 0.335 e. The molecule has 1 N–H and O–H groups in total. The first-order valence-electron chi connectivity index (χ1n) is 5.68. The van der Waals surface area contributed by atoms with E-state index in [1.165, 1.54) is 30.1 Å². The number of carbonyl (C=O) groups excluding carboxylic acids is 1. The Morgan fingerprint density at radius 3 is 2.61 bits per heavy atom. The van der Waals surface area contributed by atoms with E-state index in [0.29, 0.717) is 18.1 Å². The molecule has 5 nitrogen and oxygen atoms in total. The standard InChI is InChI=1S/C12H16N2O3S/c1-3-14(4-2)11(15)8-18-10-7-9(12(16)17)5-6-13-10/h5-7H,3-4,8H2,1-2H3,(H,16,17). The first kappa shape index (κ1) is 14.5. The number of rotatable bonds is 6. The van der Waals surface area contributed by atoms with Crippen molar-refractivity contribution in [2.24, 2.45) is 0 Å². The molecule has 0 aliphatic rings. The summed E-state index contributed by atoms with van der Waals surface area (Å²) in [6.07, 6.45) is 1.44. The minimum absolute atomic E-state index is 0.0347. The molecule has 6 heteroatoms. The first-order valence-corrected chi connectivity index (χ1v) is 6.67. The Morgan fingerprint density at radius 2 is 2.06 bits per heavy atom. The lowest BCUT2D eigenvalue weighted by Crippen LogP contribution is -2.31. The Bertz CT molecular complexity index is 433. The average Bonchev–Trinajstić information content (AvgIpc) is 2.38. The fraction of sp³-hybridized carbons (Fsp3) is 0.417. The van der Waals surface area contributed by atoms with E-state index in [4.69, 9.17) is 5.11 Å². The first-order chi connectivity index (χ1) is 8.58. The molecule has 1 heterocycles. The third-order valence-corrected chi connectivity index (χ3v) is 3.35. The Balaban J connectivity index is 2.61. The fourth-order valence-electron chi connectivity index (χ4n) is 1.42. The van der Waals surface area contributed by atoms with Crippen LogP contribution in [-0.4, -0.2) is 45.7 Å². The zero-order chi connectivity index (χ0) is 13.5. The van der Waals surface area contributed by atoms with Crippen LogP contribution in [0.2, 0.25) is 0 Å². The monoisotopic (exact) mass is 268 g/mol. The highest BCUT2D eigenvalue weighted by molar-refractivity contribution is 7.99. The van der Waals surface area contributed by atoms with Crippen LogP contribution in [0.5, 0.6) is 0 Å². The number of hydrogen-bond acceptors (Lipinski definition) is 4. The second-order valence-electron chi connectivity index (χ2n) is 3.54. The summed E-state index contributed by atoms with van der Waals surface area (Å²) < 4.78 is 0. The minimum atomic E-state index is -0.991. The Labute approximate surface area is 110 Å². The van der Waals surface area contributed by atoms with Crippen molar-refractivity contribution in [1.82, 2.24) is 9.88 Å². The SMILES string of the molecule is CCN(CC)C(=O)CSc1cc(C(=O)O)ccn1. The number of nitrogens with zero attached hydrogens (tertiary/aromatic N) is 2. The zero-order valence-corrected chi connectivity index (χ0v) is 11.2. The van der Waals surface area contributed by atoms with E-state index in [0.717, 1.165) is 0 Å². The number of pyridine rings is 1. The zero-order valence-electron chi connectivity index (χ0n) is 10.4. The van der Waals surface area contributed by atoms with E-state index in [1.807, 2.05) is 13.8 Å². The van der Waals surface area contributed by atoms with Gasteiger partial charge in [-0.15, -0.1) is 0 Å². The Morgan fingerprint density at radius 1 is 1.39 bits per heavy atom. The second-order valence-corrected chi connectivity index (χ2v) is 4.54. The van der Waals surface area contributed by atoms with Crippen LogP contribution in [0.3, 0.4) is 0 Å². The van der Waals surface area contributed by atoms with E-state index in [1.54, 1.807) is 4.90 Å². The van der Waals surface area contributed by atoms with Gasteiger partial charge in [0, 0.05) is 19.3 Å². The molecule has 0 radical (unpaired) electrons. The molecule has 0 atom stereocenters. The summed E-state index contributed by atoms with van der Waals surface area (Å²) in [5, 5.41) is 9.39. The van der Waals surface area contributed by atoms with Crippen molar-refractivity contribution in [2.45, 2.75) is 18.9 Å². The summed E-state index contributed by atoms with van der Waals surface area (Å²) in [5.41, 5.74) is 0.183. The van der Waals surface area contributed by atoms with Gasteiger partial charge >= 0.3 is 5.97 Å². The number of hydrogen-bond donors (Lipinski definition) is 1. The van der Waals surface area contributed by atoms with E-state index < -0.39 is 5.97 Å². The molecular formula is C12H16N2O3S. The van der Waals surface area contributed by atoms with Crippen LogP contribution in [0.4, 0.5) is 0 Å². The largest absolute Gasteiger partial charge is 0.478 e. The molecule has 1 aromatic rings. The molecule has 1 amide bonds. The van der Waals surface area contributed by atoms with Gasteiger partial charge < -0.3 is 10.0 Å². The molecule has 0 aliphatic carbocycles. The molecule has 18 heavy (non-hydrogen) atoms. The van der Waals surface area contributed by atoms with Gasteiger partial charge in [-0.1, -0.05) is 11.8 Å². The summed E-state index contributed by atoms with van der Waals surface area (Å²) in [7, 11) is 0. The third-order valence-electron chi connectivity index (χ3n) is 2.44. The molecule has 0 fully saturated rings. The number of carbonyl (C=O) groups is 2. The predicted molar refractivity (Wildman–Crippen MR) is 69.8 cm³/mol. The maximum atomic E-state index is 11.8. The lowest BCUT2D eigenvalue weighted by atomic mass is 10.3. The number of carboxylic acids is 1. The van der Waals surface area contributed by atoms with E-state index in [2.05, 4.69) is 4.98 Å². The summed E-state index contributed by atoms with van der Waals surface area (Å²) >= 11 is 1.25. The lowest BCUT2D eigenvalue weighted by molar-refractivity contribution is -0.127. The summed E-state index contributed by atoms with van der Waals surface area (Å²) in [4.78, 5) is 28.3. The molecule has 0 saturated carbocycles. The fourth-order valence-corrected chi connectivity index (χ4v) is 2.22. The van der Waals surface area contributed by atoms with Crippen LogP contribution in [0.25, 0.3) is 0 Å². The predicted octanol–water partition coefficient (Wildman–Crippen LogP) is 1.74. The van der Waals surface area contributed by atoms with Crippen LogP contribution in [0.1, 0.15) is 24.2 Å². The van der Waals surface area contributed by atoms with Gasteiger partial charge in [0.05, 0.1) is 16.3 Å². The lowest BCUT2D eigenvalue weighted by Gasteiger charge is -2.17. The number of amides is 1. The van der Waals surface area contributed by atoms with E-state index in [-0.39, 0.29) is 17.2 Å². The molecule has 1 rings (SSSR count). The number of aromatic carboxylic acids is 1. The van der Waals surface area contributed by atoms with Crippen molar-refractivity contribution in [3.63, 3.8) is 0 Å². The van der Waals surface area contributed by atoms with Gasteiger partial charge in [-0.3, -0.25) is 4.79 Å². The number of carboxylic acid groups (broad SMARTS) is 1. The molecule has 0 spiro atoms. The van der Waals surface area contributed by atoms with Gasteiger partial charge in [-0.05, 0) is 26.0 Å². The average molecular weight is 268 g/mol. The summed E-state index contributed by atoms with van der Waals surface area (Å²) in [6.45, 7) is 5.21. The Kier molecular flexibility index (Phi) is 5.64. The van der Waals surface area contributed by atoms with Crippen molar-refractivity contribution in [3.05, 3.63) is 23.9 Å². The topological polar surface area (TPSA) is 70.5 Å². The molecular weight excluding hydrogens is 252 g/mol. The molecule has 0 aromatic carbocycles. The van der Waals surface area contributed by atoms with Gasteiger partial charge in [0.1, 0.15) is 0 Å². The van der Waals surface area contributed by atoms with Crippen molar-refractivity contribution in [1.29, 1.82) is 0 Å². The maximum Gasteiger partial charge on any atom is 0.335 e. The van der Waals surface area contributed by atoms with Crippen LogP contribution >= 0.6 is 11.8 Å².